The first-order valence-corrected chi connectivity index (χ1v) is 4.78. The molecule has 0 bridgehead atoms. The van der Waals surface area contributed by atoms with E-state index in [0.717, 1.165) is 12.6 Å². The molecule has 0 saturated carbocycles. The smallest absolute Gasteiger partial charge is 0.315 e. The summed E-state index contributed by atoms with van der Waals surface area (Å²) >= 11 is 0. The summed E-state index contributed by atoms with van der Waals surface area (Å²) in [4.78, 5) is 0. The molecule has 86 valence electrons. The average Bonchev–Trinajstić information content (AvgIpc) is 2.62. The number of nitrogens with one attached hydrogen (secondary N) is 1. The van der Waals surface area contributed by atoms with Crippen LogP contribution in [0.4, 0.5) is 13.2 Å². The molecule has 0 radical (unpaired) electrons. The lowest BCUT2D eigenvalue weighted by atomic mass is 10.3. The molecule has 0 aliphatic heterocycles. The topological polar surface area (TPSA) is 29.9 Å². The van der Waals surface area contributed by atoms with Crippen LogP contribution in [0.1, 0.15) is 25.6 Å². The molecule has 15 heavy (non-hydrogen) atoms. The van der Waals surface area contributed by atoms with Crippen LogP contribution in [0.5, 0.6) is 0 Å². The van der Waals surface area contributed by atoms with Crippen LogP contribution in [-0.4, -0.2) is 22.9 Å². The van der Waals surface area contributed by atoms with Crippen LogP contribution < -0.4 is 5.32 Å². The Kier molecular flexibility index (Phi) is 3.73. The van der Waals surface area contributed by atoms with Gasteiger partial charge in [-0.25, -0.2) is 0 Å². The molecule has 0 spiro atoms. The maximum atomic E-state index is 12.2. The van der Waals surface area contributed by atoms with E-state index < -0.39 is 11.9 Å². The summed E-state index contributed by atoms with van der Waals surface area (Å²) in [5.41, 5.74) is -0.842. The molecule has 1 rings (SSSR count). The molecule has 0 saturated heterocycles. The van der Waals surface area contributed by atoms with Crippen LogP contribution in [0.3, 0.4) is 0 Å². The summed E-state index contributed by atoms with van der Waals surface area (Å²) in [6, 6.07) is 0.906. The van der Waals surface area contributed by atoms with E-state index in [2.05, 4.69) is 10.4 Å². The second-order valence-electron chi connectivity index (χ2n) is 3.34. The average molecular weight is 221 g/mol. The van der Waals surface area contributed by atoms with Gasteiger partial charge in [0.25, 0.3) is 0 Å². The van der Waals surface area contributed by atoms with Crippen molar-refractivity contribution in [1.29, 1.82) is 0 Å². The Morgan fingerprint density at radius 3 is 2.67 bits per heavy atom. The molecular weight excluding hydrogens is 207 g/mol. The third kappa shape index (κ3) is 3.23. The number of alkyl halides is 3. The number of likely N-dealkylation sites (N-methyl/N-ethyl adjacent to an activating group) is 1. The van der Waals surface area contributed by atoms with Crippen molar-refractivity contribution >= 4 is 0 Å². The van der Waals surface area contributed by atoms with Crippen LogP contribution in [0.25, 0.3) is 0 Å². The Morgan fingerprint density at radius 2 is 2.20 bits per heavy atom. The standard InChI is InChI=1S/C9H14F3N3/c1-3-13-6-7(2)15-5-4-8(14-15)9(10,11)12/h4-5,7,13H,3,6H2,1-2H3. The normalized spacial score (nSPS) is 14.2. The lowest BCUT2D eigenvalue weighted by Gasteiger charge is -2.12. The molecule has 1 N–H and O–H groups in total. The molecule has 0 amide bonds. The van der Waals surface area contributed by atoms with E-state index in [1.54, 1.807) is 0 Å². The molecular formula is C9H14F3N3. The second-order valence-corrected chi connectivity index (χ2v) is 3.34. The van der Waals surface area contributed by atoms with Crippen LogP contribution in [0.2, 0.25) is 0 Å². The molecule has 1 atom stereocenters. The van der Waals surface area contributed by atoms with Gasteiger partial charge in [-0.05, 0) is 19.5 Å². The number of aromatic nitrogens is 2. The van der Waals surface area contributed by atoms with Crippen molar-refractivity contribution in [2.75, 3.05) is 13.1 Å². The van der Waals surface area contributed by atoms with Crippen molar-refractivity contribution < 1.29 is 13.2 Å². The van der Waals surface area contributed by atoms with Crippen LogP contribution >= 0.6 is 0 Å². The molecule has 6 heteroatoms. The summed E-state index contributed by atoms with van der Waals surface area (Å²) in [6.45, 7) is 5.15. The molecule has 1 aromatic heterocycles. The van der Waals surface area contributed by atoms with E-state index in [9.17, 15) is 13.2 Å². The SMILES string of the molecule is CCNCC(C)n1ccc(C(F)(F)F)n1. The molecule has 0 aliphatic carbocycles. The fourth-order valence-corrected chi connectivity index (χ4v) is 1.18. The summed E-state index contributed by atoms with van der Waals surface area (Å²) in [7, 11) is 0. The van der Waals surface area contributed by atoms with Crippen molar-refractivity contribution in [3.8, 4) is 0 Å². The molecule has 0 aliphatic rings. The summed E-state index contributed by atoms with van der Waals surface area (Å²) in [5, 5.41) is 6.54. The van der Waals surface area contributed by atoms with E-state index in [1.165, 1.54) is 10.9 Å². The number of hydrogen-bond acceptors (Lipinski definition) is 2. The maximum Gasteiger partial charge on any atom is 0.435 e. The van der Waals surface area contributed by atoms with Gasteiger partial charge < -0.3 is 5.32 Å². The first-order valence-electron chi connectivity index (χ1n) is 4.78. The van der Waals surface area contributed by atoms with Crippen LogP contribution in [0.15, 0.2) is 12.3 Å². The number of hydrogen-bond donors (Lipinski definition) is 1. The van der Waals surface area contributed by atoms with E-state index in [1.807, 2.05) is 13.8 Å². The van der Waals surface area contributed by atoms with E-state index >= 15 is 0 Å². The first-order chi connectivity index (χ1) is 6.95. The molecule has 1 heterocycles. The van der Waals surface area contributed by atoms with Crippen molar-refractivity contribution in [3.63, 3.8) is 0 Å². The second kappa shape index (κ2) is 4.65. The first kappa shape index (κ1) is 12.0. The zero-order chi connectivity index (χ0) is 11.5. The predicted octanol–water partition coefficient (Wildman–Crippen LogP) is 2.07. The van der Waals surface area contributed by atoms with E-state index in [4.69, 9.17) is 0 Å². The fourth-order valence-electron chi connectivity index (χ4n) is 1.18. The minimum absolute atomic E-state index is 0.0824. The van der Waals surface area contributed by atoms with Crippen molar-refractivity contribution in [1.82, 2.24) is 15.1 Å². The monoisotopic (exact) mass is 221 g/mol. The minimum Gasteiger partial charge on any atom is -0.315 e. The zero-order valence-electron chi connectivity index (χ0n) is 8.67. The van der Waals surface area contributed by atoms with E-state index in [0.29, 0.717) is 6.54 Å². The Bertz CT molecular complexity index is 306. The van der Waals surface area contributed by atoms with Gasteiger partial charge in [0.2, 0.25) is 0 Å². The minimum atomic E-state index is -4.36. The highest BCUT2D eigenvalue weighted by molar-refractivity contribution is 5.03. The summed E-state index contributed by atoms with van der Waals surface area (Å²) in [5.74, 6) is 0. The van der Waals surface area contributed by atoms with Gasteiger partial charge in [-0.3, -0.25) is 4.68 Å². The lowest BCUT2D eigenvalue weighted by Crippen LogP contribution is -2.23. The zero-order valence-corrected chi connectivity index (χ0v) is 8.67. The van der Waals surface area contributed by atoms with Gasteiger partial charge in [-0.1, -0.05) is 6.92 Å². The van der Waals surface area contributed by atoms with Gasteiger partial charge in [-0.2, -0.15) is 18.3 Å². The number of rotatable bonds is 4. The molecule has 1 aromatic rings. The lowest BCUT2D eigenvalue weighted by molar-refractivity contribution is -0.141. The third-order valence-electron chi connectivity index (χ3n) is 2.04. The number of halogens is 3. The highest BCUT2D eigenvalue weighted by atomic mass is 19.4. The van der Waals surface area contributed by atoms with E-state index in [-0.39, 0.29) is 6.04 Å². The van der Waals surface area contributed by atoms with Crippen LogP contribution in [0, 0.1) is 0 Å². The quantitative estimate of drug-likeness (QED) is 0.843. The largest absolute Gasteiger partial charge is 0.435 e. The fraction of sp³-hybridized carbons (Fsp3) is 0.667. The Labute approximate surface area is 86.3 Å². The van der Waals surface area contributed by atoms with Gasteiger partial charge in [-0.15, -0.1) is 0 Å². The van der Waals surface area contributed by atoms with Crippen LogP contribution in [-0.2, 0) is 6.18 Å². The highest BCUT2D eigenvalue weighted by Crippen LogP contribution is 2.27. The maximum absolute atomic E-state index is 12.2. The Morgan fingerprint density at radius 1 is 1.53 bits per heavy atom. The van der Waals surface area contributed by atoms with Gasteiger partial charge in [0.05, 0.1) is 6.04 Å². The van der Waals surface area contributed by atoms with Crippen molar-refractivity contribution in [2.45, 2.75) is 26.1 Å². The summed E-state index contributed by atoms with van der Waals surface area (Å²) in [6.07, 6.45) is -3.01. The molecule has 1 unspecified atom stereocenters. The van der Waals surface area contributed by atoms with Gasteiger partial charge in [0, 0.05) is 12.7 Å². The third-order valence-corrected chi connectivity index (χ3v) is 2.04. The molecule has 3 nitrogen and oxygen atoms in total. The Hall–Kier alpha value is -1.04. The van der Waals surface area contributed by atoms with Gasteiger partial charge >= 0.3 is 6.18 Å². The van der Waals surface area contributed by atoms with Crippen molar-refractivity contribution in [3.05, 3.63) is 18.0 Å². The number of nitrogens with zero attached hydrogens (tertiary/aromatic N) is 2. The predicted molar refractivity (Wildman–Crippen MR) is 50.5 cm³/mol. The molecule has 0 aromatic carbocycles. The van der Waals surface area contributed by atoms with Crippen molar-refractivity contribution in [2.24, 2.45) is 0 Å². The highest BCUT2D eigenvalue weighted by Gasteiger charge is 2.33. The van der Waals surface area contributed by atoms with Gasteiger partial charge in [0.1, 0.15) is 0 Å². The Balaban J connectivity index is 2.67. The molecule has 0 fully saturated rings. The van der Waals surface area contributed by atoms with Gasteiger partial charge in [0.15, 0.2) is 5.69 Å². The summed E-state index contributed by atoms with van der Waals surface area (Å²) < 4.78 is 38.0.